The summed E-state index contributed by atoms with van der Waals surface area (Å²) in [5.41, 5.74) is 1.23. The van der Waals surface area contributed by atoms with Gasteiger partial charge in [0, 0.05) is 24.7 Å². The van der Waals surface area contributed by atoms with Crippen LogP contribution in [0.1, 0.15) is 5.56 Å². The highest BCUT2D eigenvalue weighted by atomic mass is 16.5. The molecule has 2 aliphatic heterocycles. The van der Waals surface area contributed by atoms with Gasteiger partial charge in [-0.25, -0.2) is 0 Å². The van der Waals surface area contributed by atoms with Gasteiger partial charge >= 0.3 is 0 Å². The van der Waals surface area contributed by atoms with Crippen molar-refractivity contribution < 1.29 is 24.2 Å². The van der Waals surface area contributed by atoms with Crippen molar-refractivity contribution in [3.05, 3.63) is 23.8 Å². The third kappa shape index (κ3) is 2.92. The maximum absolute atomic E-state index is 12.0. The molecule has 0 saturated carbocycles. The van der Waals surface area contributed by atoms with E-state index in [1.165, 1.54) is 0 Å². The fourth-order valence-corrected chi connectivity index (χ4v) is 2.31. The lowest BCUT2D eigenvalue weighted by Crippen LogP contribution is -2.42. The highest BCUT2D eigenvalue weighted by molar-refractivity contribution is 6.06. The summed E-state index contributed by atoms with van der Waals surface area (Å²) in [5.74, 6) is 1.09. The van der Waals surface area contributed by atoms with Crippen molar-refractivity contribution in [1.82, 2.24) is 4.90 Å². The van der Waals surface area contributed by atoms with Crippen LogP contribution in [0.5, 0.6) is 11.5 Å². The summed E-state index contributed by atoms with van der Waals surface area (Å²) in [6.07, 6.45) is 0. The van der Waals surface area contributed by atoms with E-state index in [1.54, 1.807) is 23.1 Å². The lowest BCUT2D eigenvalue weighted by Gasteiger charge is -2.26. The lowest BCUT2D eigenvalue weighted by molar-refractivity contribution is -0.137. The van der Waals surface area contributed by atoms with Crippen molar-refractivity contribution in [3.8, 4) is 11.5 Å². The number of hydrogen-bond acceptors (Lipinski definition) is 6. The fourth-order valence-electron chi connectivity index (χ4n) is 2.31. The van der Waals surface area contributed by atoms with E-state index in [9.17, 15) is 4.79 Å². The van der Waals surface area contributed by atoms with Gasteiger partial charge in [-0.3, -0.25) is 4.79 Å². The molecule has 1 aromatic rings. The Morgan fingerprint density at radius 1 is 1.38 bits per heavy atom. The van der Waals surface area contributed by atoms with Crippen molar-refractivity contribution in [2.24, 2.45) is 5.16 Å². The van der Waals surface area contributed by atoms with E-state index in [1.807, 2.05) is 0 Å². The van der Waals surface area contributed by atoms with Gasteiger partial charge in [0.2, 0.25) is 0 Å². The number of carbonyl (C=O) groups is 1. The SMILES string of the molecule is O=C(COc1ccc2c(c1)OCC2=NO)N1CCOCC1. The first kappa shape index (κ1) is 13.7. The molecule has 7 nitrogen and oxygen atoms in total. The Hall–Kier alpha value is -2.28. The zero-order valence-electron chi connectivity index (χ0n) is 11.4. The van der Waals surface area contributed by atoms with Gasteiger partial charge in [-0.1, -0.05) is 5.16 Å². The average Bonchev–Trinajstić information content (AvgIpc) is 2.95. The molecule has 3 rings (SSSR count). The van der Waals surface area contributed by atoms with Gasteiger partial charge in [0.05, 0.1) is 13.2 Å². The summed E-state index contributed by atoms with van der Waals surface area (Å²) in [6, 6.07) is 5.18. The predicted molar refractivity (Wildman–Crippen MR) is 73.2 cm³/mol. The third-order valence-electron chi connectivity index (χ3n) is 3.48. The smallest absolute Gasteiger partial charge is 0.260 e. The molecule has 1 aromatic carbocycles. The van der Waals surface area contributed by atoms with Crippen LogP contribution in [0.3, 0.4) is 0 Å². The maximum atomic E-state index is 12.0. The maximum Gasteiger partial charge on any atom is 0.260 e. The Labute approximate surface area is 121 Å². The monoisotopic (exact) mass is 292 g/mol. The second-order valence-corrected chi connectivity index (χ2v) is 4.78. The van der Waals surface area contributed by atoms with E-state index in [4.69, 9.17) is 19.4 Å². The van der Waals surface area contributed by atoms with Crippen molar-refractivity contribution in [1.29, 1.82) is 0 Å². The number of rotatable bonds is 3. The molecule has 7 heteroatoms. The predicted octanol–water partition coefficient (Wildman–Crippen LogP) is 0.495. The molecular formula is C14H16N2O5. The zero-order valence-corrected chi connectivity index (χ0v) is 11.4. The summed E-state index contributed by atoms with van der Waals surface area (Å²) >= 11 is 0. The summed E-state index contributed by atoms with van der Waals surface area (Å²) in [4.78, 5) is 13.7. The number of benzene rings is 1. The molecule has 0 aromatic heterocycles. The molecule has 2 aliphatic rings. The third-order valence-corrected chi connectivity index (χ3v) is 3.48. The van der Waals surface area contributed by atoms with Crippen molar-refractivity contribution in [2.45, 2.75) is 0 Å². The largest absolute Gasteiger partial charge is 0.486 e. The first-order valence-electron chi connectivity index (χ1n) is 6.74. The van der Waals surface area contributed by atoms with E-state index < -0.39 is 0 Å². The molecule has 1 N–H and O–H groups in total. The molecule has 0 atom stereocenters. The van der Waals surface area contributed by atoms with Crippen molar-refractivity contribution in [2.75, 3.05) is 39.5 Å². The molecule has 0 aliphatic carbocycles. The molecule has 112 valence electrons. The van der Waals surface area contributed by atoms with Crippen LogP contribution in [0, 0.1) is 0 Å². The first-order chi connectivity index (χ1) is 10.3. The van der Waals surface area contributed by atoms with Gasteiger partial charge in [-0.15, -0.1) is 0 Å². The number of amides is 1. The number of nitrogens with zero attached hydrogens (tertiary/aromatic N) is 2. The molecule has 0 bridgehead atoms. The summed E-state index contributed by atoms with van der Waals surface area (Å²) in [5, 5.41) is 12.0. The van der Waals surface area contributed by atoms with Gasteiger partial charge in [0.1, 0.15) is 23.8 Å². The Bertz CT molecular complexity index is 566. The van der Waals surface area contributed by atoms with Crippen LogP contribution >= 0.6 is 0 Å². The molecule has 0 radical (unpaired) electrons. The van der Waals surface area contributed by atoms with E-state index >= 15 is 0 Å². The topological polar surface area (TPSA) is 80.6 Å². The van der Waals surface area contributed by atoms with Gasteiger partial charge in [-0.2, -0.15) is 0 Å². The number of carbonyl (C=O) groups excluding carboxylic acids is 1. The number of ether oxygens (including phenoxy) is 3. The second kappa shape index (κ2) is 6.01. The highest BCUT2D eigenvalue weighted by Gasteiger charge is 2.21. The number of fused-ring (bicyclic) bond motifs is 1. The minimum absolute atomic E-state index is 0.0142. The van der Waals surface area contributed by atoms with Gasteiger partial charge in [-0.05, 0) is 12.1 Å². The van der Waals surface area contributed by atoms with Crippen LogP contribution in [-0.2, 0) is 9.53 Å². The Balaban J connectivity index is 1.60. The molecular weight excluding hydrogens is 276 g/mol. The van der Waals surface area contributed by atoms with Gasteiger partial charge < -0.3 is 24.3 Å². The standard InChI is InChI=1S/C14H16N2O5/c17-14(16-3-5-19-6-4-16)9-20-10-1-2-11-12(15-18)8-21-13(11)7-10/h1-2,7,18H,3-6,8-9H2. The van der Waals surface area contributed by atoms with Crippen LogP contribution in [0.25, 0.3) is 0 Å². The molecule has 1 fully saturated rings. The average molecular weight is 292 g/mol. The second-order valence-electron chi connectivity index (χ2n) is 4.78. The normalized spacial score (nSPS) is 19.2. The van der Waals surface area contributed by atoms with Crippen molar-refractivity contribution in [3.63, 3.8) is 0 Å². The molecule has 0 spiro atoms. The summed E-state index contributed by atoms with van der Waals surface area (Å²) in [6.45, 7) is 2.57. The van der Waals surface area contributed by atoms with Gasteiger partial charge in [0.15, 0.2) is 6.61 Å². The molecule has 21 heavy (non-hydrogen) atoms. The molecule has 2 heterocycles. The highest BCUT2D eigenvalue weighted by Crippen LogP contribution is 2.29. The van der Waals surface area contributed by atoms with E-state index in [0.717, 1.165) is 5.56 Å². The minimum Gasteiger partial charge on any atom is -0.486 e. The Kier molecular flexibility index (Phi) is 3.92. The number of hydrogen-bond donors (Lipinski definition) is 1. The van der Waals surface area contributed by atoms with E-state index in [0.29, 0.717) is 43.5 Å². The number of oxime groups is 1. The molecule has 1 amide bonds. The Morgan fingerprint density at radius 3 is 2.95 bits per heavy atom. The zero-order chi connectivity index (χ0) is 14.7. The van der Waals surface area contributed by atoms with Crippen LogP contribution in [0.15, 0.2) is 23.4 Å². The van der Waals surface area contributed by atoms with Crippen LogP contribution in [0.4, 0.5) is 0 Å². The van der Waals surface area contributed by atoms with Crippen LogP contribution in [-0.4, -0.2) is 61.2 Å². The van der Waals surface area contributed by atoms with Crippen LogP contribution in [0.2, 0.25) is 0 Å². The van der Waals surface area contributed by atoms with Crippen molar-refractivity contribution >= 4 is 11.6 Å². The molecule has 0 unspecified atom stereocenters. The fraction of sp³-hybridized carbons (Fsp3) is 0.429. The lowest BCUT2D eigenvalue weighted by atomic mass is 10.1. The van der Waals surface area contributed by atoms with Gasteiger partial charge in [0.25, 0.3) is 5.91 Å². The van der Waals surface area contributed by atoms with E-state index in [-0.39, 0.29) is 19.1 Å². The summed E-state index contributed by atoms with van der Waals surface area (Å²) < 4.78 is 16.1. The van der Waals surface area contributed by atoms with E-state index in [2.05, 4.69) is 5.16 Å². The quantitative estimate of drug-likeness (QED) is 0.648. The Morgan fingerprint density at radius 2 is 2.19 bits per heavy atom. The van der Waals surface area contributed by atoms with Crippen LogP contribution < -0.4 is 9.47 Å². The first-order valence-corrected chi connectivity index (χ1v) is 6.74. The molecule has 1 saturated heterocycles. The summed E-state index contributed by atoms with van der Waals surface area (Å²) in [7, 11) is 0. The number of morpholine rings is 1. The minimum atomic E-state index is -0.0580.